The predicted molar refractivity (Wildman–Crippen MR) is 60.5 cm³/mol. The van der Waals surface area contributed by atoms with Crippen LogP contribution < -0.4 is 10.6 Å². The van der Waals surface area contributed by atoms with Crippen molar-refractivity contribution in [3.63, 3.8) is 0 Å². The molecule has 2 unspecified atom stereocenters. The van der Waals surface area contributed by atoms with Gasteiger partial charge in [0.15, 0.2) is 0 Å². The van der Waals surface area contributed by atoms with Gasteiger partial charge in [-0.3, -0.25) is 9.89 Å². The van der Waals surface area contributed by atoms with Crippen LogP contribution in [-0.2, 0) is 11.3 Å². The summed E-state index contributed by atoms with van der Waals surface area (Å²) >= 11 is 0. The Hall–Kier alpha value is -2.12. The first-order valence-electron chi connectivity index (χ1n) is 5.76. The van der Waals surface area contributed by atoms with Gasteiger partial charge in [-0.05, 0) is 19.3 Å². The Kier molecular flexibility index (Phi) is 3.75. The number of carboxylic acids is 1. The highest BCUT2D eigenvalue weighted by Crippen LogP contribution is 2.25. The Balaban J connectivity index is 1.70. The second kappa shape index (κ2) is 5.48. The molecule has 1 aliphatic rings. The Morgan fingerprint density at radius 1 is 1.50 bits per heavy atom. The number of carboxylic acid groups (broad SMARTS) is 1. The van der Waals surface area contributed by atoms with Gasteiger partial charge in [0.25, 0.3) is 0 Å². The molecule has 0 saturated heterocycles. The number of carbonyl (C=O) groups is 2. The molecule has 1 saturated carbocycles. The van der Waals surface area contributed by atoms with Crippen LogP contribution in [-0.4, -0.2) is 38.3 Å². The highest BCUT2D eigenvalue weighted by molar-refractivity contribution is 5.75. The molecule has 2 amide bonds. The molecular formula is C10H15N5O3. The molecule has 0 aliphatic heterocycles. The summed E-state index contributed by atoms with van der Waals surface area (Å²) < 4.78 is 0. The second-order valence-electron chi connectivity index (χ2n) is 4.30. The molecule has 2 atom stereocenters. The monoisotopic (exact) mass is 253 g/mol. The van der Waals surface area contributed by atoms with Crippen molar-refractivity contribution in [2.24, 2.45) is 5.92 Å². The predicted octanol–water partition coefficient (Wildman–Crippen LogP) is -0.143. The van der Waals surface area contributed by atoms with E-state index in [2.05, 4.69) is 25.8 Å². The fourth-order valence-electron chi connectivity index (χ4n) is 2.05. The molecule has 1 heterocycles. The molecule has 2 rings (SSSR count). The minimum Gasteiger partial charge on any atom is -0.481 e. The number of hydrogen-bond donors (Lipinski definition) is 4. The summed E-state index contributed by atoms with van der Waals surface area (Å²) in [4.78, 5) is 26.2. The SMILES string of the molecule is O=C(NCc1ncn[nH]1)NC1CCC(C(=O)O)C1. The van der Waals surface area contributed by atoms with Crippen LogP contribution in [0.5, 0.6) is 0 Å². The zero-order valence-corrected chi connectivity index (χ0v) is 9.72. The van der Waals surface area contributed by atoms with Crippen LogP contribution in [0.2, 0.25) is 0 Å². The van der Waals surface area contributed by atoms with Crippen molar-refractivity contribution in [2.75, 3.05) is 0 Å². The molecule has 18 heavy (non-hydrogen) atoms. The largest absolute Gasteiger partial charge is 0.481 e. The average molecular weight is 253 g/mol. The molecule has 0 aromatic carbocycles. The zero-order valence-electron chi connectivity index (χ0n) is 9.72. The summed E-state index contributed by atoms with van der Waals surface area (Å²) in [5.74, 6) is -0.564. The van der Waals surface area contributed by atoms with Gasteiger partial charge < -0.3 is 15.7 Å². The van der Waals surface area contributed by atoms with E-state index in [0.717, 1.165) is 0 Å². The van der Waals surface area contributed by atoms with Crippen LogP contribution in [0.25, 0.3) is 0 Å². The second-order valence-corrected chi connectivity index (χ2v) is 4.30. The molecular weight excluding hydrogens is 238 g/mol. The third-order valence-electron chi connectivity index (χ3n) is 3.00. The maximum Gasteiger partial charge on any atom is 0.315 e. The van der Waals surface area contributed by atoms with Gasteiger partial charge in [0.1, 0.15) is 12.2 Å². The molecule has 8 nitrogen and oxygen atoms in total. The van der Waals surface area contributed by atoms with Crippen molar-refractivity contribution < 1.29 is 14.7 Å². The van der Waals surface area contributed by atoms with E-state index in [4.69, 9.17) is 5.11 Å². The van der Waals surface area contributed by atoms with Gasteiger partial charge in [0.05, 0.1) is 12.5 Å². The lowest BCUT2D eigenvalue weighted by molar-refractivity contribution is -0.141. The minimum atomic E-state index is -0.790. The molecule has 0 radical (unpaired) electrons. The number of H-pyrrole nitrogens is 1. The van der Waals surface area contributed by atoms with E-state index >= 15 is 0 Å². The lowest BCUT2D eigenvalue weighted by atomic mass is 10.1. The third kappa shape index (κ3) is 3.19. The fourth-order valence-corrected chi connectivity index (χ4v) is 2.05. The van der Waals surface area contributed by atoms with E-state index in [0.29, 0.717) is 25.1 Å². The first kappa shape index (κ1) is 12.3. The van der Waals surface area contributed by atoms with E-state index in [9.17, 15) is 9.59 Å². The smallest absolute Gasteiger partial charge is 0.315 e. The summed E-state index contributed by atoms with van der Waals surface area (Å²) in [5, 5.41) is 20.5. The van der Waals surface area contributed by atoms with Crippen LogP contribution in [0.15, 0.2) is 6.33 Å². The minimum absolute atomic E-state index is 0.0687. The number of amides is 2. The summed E-state index contributed by atoms with van der Waals surface area (Å²) in [7, 11) is 0. The van der Waals surface area contributed by atoms with Crippen LogP contribution in [0.3, 0.4) is 0 Å². The average Bonchev–Trinajstić information content (AvgIpc) is 2.96. The fraction of sp³-hybridized carbons (Fsp3) is 0.600. The molecule has 4 N–H and O–H groups in total. The maximum absolute atomic E-state index is 11.5. The molecule has 1 aliphatic carbocycles. The lowest BCUT2D eigenvalue weighted by Crippen LogP contribution is -2.41. The van der Waals surface area contributed by atoms with Gasteiger partial charge in [0, 0.05) is 6.04 Å². The number of nitrogens with one attached hydrogen (secondary N) is 3. The van der Waals surface area contributed by atoms with E-state index < -0.39 is 5.97 Å². The number of aromatic nitrogens is 3. The normalized spacial score (nSPS) is 22.7. The number of hydrogen-bond acceptors (Lipinski definition) is 4. The summed E-state index contributed by atoms with van der Waals surface area (Å²) in [6, 6.07) is -0.386. The molecule has 1 fully saturated rings. The van der Waals surface area contributed by atoms with Gasteiger partial charge in [-0.25, -0.2) is 9.78 Å². The van der Waals surface area contributed by atoms with Crippen molar-refractivity contribution in [3.05, 3.63) is 12.2 Å². The van der Waals surface area contributed by atoms with Crippen molar-refractivity contribution in [1.29, 1.82) is 0 Å². The quantitative estimate of drug-likeness (QED) is 0.595. The van der Waals surface area contributed by atoms with E-state index in [1.54, 1.807) is 0 Å². The van der Waals surface area contributed by atoms with Crippen LogP contribution >= 0.6 is 0 Å². The van der Waals surface area contributed by atoms with E-state index in [1.165, 1.54) is 6.33 Å². The van der Waals surface area contributed by atoms with Gasteiger partial charge in [-0.15, -0.1) is 0 Å². The van der Waals surface area contributed by atoms with E-state index in [1.807, 2.05) is 0 Å². The molecule has 98 valence electrons. The summed E-state index contributed by atoms with van der Waals surface area (Å²) in [6.07, 6.45) is 3.17. The Morgan fingerprint density at radius 2 is 2.33 bits per heavy atom. The van der Waals surface area contributed by atoms with Crippen LogP contribution in [0.4, 0.5) is 4.79 Å². The number of carbonyl (C=O) groups excluding carboxylic acids is 1. The first-order valence-corrected chi connectivity index (χ1v) is 5.76. The summed E-state index contributed by atoms with van der Waals surface area (Å²) in [6.45, 7) is 0.265. The Bertz CT molecular complexity index is 419. The number of urea groups is 1. The van der Waals surface area contributed by atoms with E-state index in [-0.39, 0.29) is 24.5 Å². The van der Waals surface area contributed by atoms with Crippen LogP contribution in [0, 0.1) is 5.92 Å². The van der Waals surface area contributed by atoms with Gasteiger partial charge in [0.2, 0.25) is 0 Å². The number of aliphatic carboxylic acids is 1. The zero-order chi connectivity index (χ0) is 13.0. The van der Waals surface area contributed by atoms with Gasteiger partial charge >= 0.3 is 12.0 Å². The maximum atomic E-state index is 11.5. The summed E-state index contributed by atoms with van der Waals surface area (Å²) in [5.41, 5.74) is 0. The topological polar surface area (TPSA) is 120 Å². The van der Waals surface area contributed by atoms with Crippen molar-refractivity contribution in [1.82, 2.24) is 25.8 Å². The standard InChI is InChI=1S/C10H15N5O3/c16-9(17)6-1-2-7(3-6)14-10(18)11-4-8-12-5-13-15-8/h5-7H,1-4H2,(H,16,17)(H2,11,14,18)(H,12,13,15). The lowest BCUT2D eigenvalue weighted by Gasteiger charge is -2.12. The first-order chi connectivity index (χ1) is 8.65. The van der Waals surface area contributed by atoms with Crippen molar-refractivity contribution in [3.8, 4) is 0 Å². The number of rotatable bonds is 4. The van der Waals surface area contributed by atoms with Crippen LogP contribution in [0.1, 0.15) is 25.1 Å². The molecule has 1 aromatic rings. The van der Waals surface area contributed by atoms with Gasteiger partial charge in [-0.1, -0.05) is 0 Å². The van der Waals surface area contributed by atoms with Crippen molar-refractivity contribution >= 4 is 12.0 Å². The third-order valence-corrected chi connectivity index (χ3v) is 3.00. The molecule has 0 spiro atoms. The highest BCUT2D eigenvalue weighted by Gasteiger charge is 2.30. The van der Waals surface area contributed by atoms with Crippen molar-refractivity contribution in [2.45, 2.75) is 31.8 Å². The molecule has 0 bridgehead atoms. The van der Waals surface area contributed by atoms with Gasteiger partial charge in [-0.2, -0.15) is 5.10 Å². The number of nitrogens with zero attached hydrogens (tertiary/aromatic N) is 2. The highest BCUT2D eigenvalue weighted by atomic mass is 16.4. The Labute approximate surface area is 103 Å². The number of aromatic amines is 1. The Morgan fingerprint density at radius 3 is 2.94 bits per heavy atom. The molecule has 1 aromatic heterocycles. The molecule has 8 heteroatoms.